The van der Waals surface area contributed by atoms with Gasteiger partial charge in [0.1, 0.15) is 11.0 Å². The predicted molar refractivity (Wildman–Crippen MR) is 71.9 cm³/mol. The fraction of sp³-hybridized carbons (Fsp3) is 0.333. The number of halogens is 1. The van der Waals surface area contributed by atoms with Crippen molar-refractivity contribution in [3.8, 4) is 11.3 Å². The molecule has 0 spiro atoms. The summed E-state index contributed by atoms with van der Waals surface area (Å²) in [6, 6.07) is 5.45. The fourth-order valence-corrected chi connectivity index (χ4v) is 1.56. The first-order valence-corrected chi connectivity index (χ1v) is 6.03. The van der Waals surface area contributed by atoms with Gasteiger partial charge in [-0.2, -0.15) is 5.10 Å². The van der Waals surface area contributed by atoms with Crippen molar-refractivity contribution < 1.29 is 0 Å². The molecule has 0 saturated carbocycles. The molecule has 17 heavy (non-hydrogen) atoms. The Balaban J connectivity index is 0.000000686. The lowest BCUT2D eigenvalue weighted by atomic mass is 10.2. The second-order valence-corrected chi connectivity index (χ2v) is 3.52. The van der Waals surface area contributed by atoms with Gasteiger partial charge in [-0.1, -0.05) is 25.4 Å². The summed E-state index contributed by atoms with van der Waals surface area (Å²) in [7, 11) is 0. The van der Waals surface area contributed by atoms with E-state index in [-0.39, 0.29) is 0 Å². The second kappa shape index (κ2) is 6.25. The van der Waals surface area contributed by atoms with E-state index >= 15 is 0 Å². The highest BCUT2D eigenvalue weighted by atomic mass is 35.5. The van der Waals surface area contributed by atoms with Crippen LogP contribution >= 0.6 is 11.6 Å². The minimum Gasteiger partial charge on any atom is -0.384 e. The molecule has 0 aliphatic rings. The molecular weight excluding hydrogens is 236 g/mol. The molecule has 2 rings (SSSR count). The van der Waals surface area contributed by atoms with E-state index in [4.69, 9.17) is 17.3 Å². The zero-order valence-electron chi connectivity index (χ0n) is 10.3. The Bertz CT molecular complexity index is 479. The van der Waals surface area contributed by atoms with E-state index in [1.54, 1.807) is 16.9 Å². The van der Waals surface area contributed by atoms with Gasteiger partial charge in [-0.25, -0.2) is 9.67 Å². The van der Waals surface area contributed by atoms with Gasteiger partial charge in [-0.3, -0.25) is 0 Å². The van der Waals surface area contributed by atoms with Crippen LogP contribution in [-0.4, -0.2) is 14.8 Å². The van der Waals surface area contributed by atoms with Gasteiger partial charge in [0.25, 0.3) is 0 Å². The summed E-state index contributed by atoms with van der Waals surface area (Å²) >= 11 is 5.80. The summed E-state index contributed by atoms with van der Waals surface area (Å²) in [5, 5.41) is 4.80. The number of nitrogens with zero attached hydrogens (tertiary/aromatic N) is 3. The van der Waals surface area contributed by atoms with Crippen molar-refractivity contribution in [2.24, 2.45) is 0 Å². The Kier molecular flexibility index (Phi) is 4.97. The molecule has 0 saturated heterocycles. The maximum absolute atomic E-state index is 5.80. The predicted octanol–water partition coefficient (Wildman–Crippen LogP) is 3.23. The van der Waals surface area contributed by atoms with Crippen LogP contribution in [0.25, 0.3) is 11.3 Å². The lowest BCUT2D eigenvalue weighted by molar-refractivity contribution is 0.672. The summed E-state index contributed by atoms with van der Waals surface area (Å²) in [6.07, 6.45) is 1.65. The Hall–Kier alpha value is -1.55. The molecule has 2 N–H and O–H groups in total. The van der Waals surface area contributed by atoms with E-state index in [1.807, 2.05) is 32.9 Å². The summed E-state index contributed by atoms with van der Waals surface area (Å²) in [6.45, 7) is 6.75. The summed E-state index contributed by atoms with van der Waals surface area (Å²) in [5.41, 5.74) is 7.52. The molecule has 2 aromatic rings. The molecular formula is C12H17ClN4. The van der Waals surface area contributed by atoms with Crippen molar-refractivity contribution in [3.63, 3.8) is 0 Å². The van der Waals surface area contributed by atoms with Crippen LogP contribution in [0, 0.1) is 0 Å². The maximum atomic E-state index is 5.80. The number of aromatic nitrogens is 3. The molecule has 0 fully saturated rings. The second-order valence-electron chi connectivity index (χ2n) is 3.14. The third-order valence-electron chi connectivity index (χ3n) is 2.13. The number of nitrogens with two attached hydrogens (primary N) is 1. The van der Waals surface area contributed by atoms with Gasteiger partial charge in [-0.05, 0) is 19.1 Å². The smallest absolute Gasteiger partial charge is 0.129 e. The van der Waals surface area contributed by atoms with Crippen LogP contribution in [-0.2, 0) is 6.54 Å². The van der Waals surface area contributed by atoms with Crippen LogP contribution in [0.1, 0.15) is 20.8 Å². The number of hydrogen-bond acceptors (Lipinski definition) is 3. The van der Waals surface area contributed by atoms with Crippen LogP contribution < -0.4 is 5.73 Å². The molecule has 0 atom stereocenters. The van der Waals surface area contributed by atoms with Gasteiger partial charge in [0.05, 0.1) is 5.69 Å². The van der Waals surface area contributed by atoms with E-state index in [0.29, 0.717) is 11.0 Å². The molecule has 0 aromatic carbocycles. The Labute approximate surface area is 106 Å². The average molecular weight is 253 g/mol. The number of pyridine rings is 1. The lowest BCUT2D eigenvalue weighted by Crippen LogP contribution is -2.01. The summed E-state index contributed by atoms with van der Waals surface area (Å²) in [5.74, 6) is 0.653. The summed E-state index contributed by atoms with van der Waals surface area (Å²) < 4.78 is 1.74. The van der Waals surface area contributed by atoms with Crippen LogP contribution in [0.2, 0.25) is 5.15 Å². The largest absolute Gasteiger partial charge is 0.384 e. The minimum atomic E-state index is 0.456. The fourth-order valence-electron chi connectivity index (χ4n) is 1.39. The van der Waals surface area contributed by atoms with Gasteiger partial charge >= 0.3 is 0 Å². The van der Waals surface area contributed by atoms with Crippen LogP contribution in [0.3, 0.4) is 0 Å². The topological polar surface area (TPSA) is 56.7 Å². The van der Waals surface area contributed by atoms with Gasteiger partial charge in [-0.15, -0.1) is 0 Å². The highest BCUT2D eigenvalue weighted by molar-refractivity contribution is 6.29. The molecule has 0 aliphatic heterocycles. The van der Waals surface area contributed by atoms with Crippen LogP contribution in [0.15, 0.2) is 24.4 Å². The molecule has 0 radical (unpaired) electrons. The number of rotatable bonds is 2. The first kappa shape index (κ1) is 13.5. The lowest BCUT2D eigenvalue weighted by Gasteiger charge is -1.97. The van der Waals surface area contributed by atoms with E-state index in [0.717, 1.165) is 17.8 Å². The molecule has 0 amide bonds. The van der Waals surface area contributed by atoms with E-state index in [1.165, 1.54) is 0 Å². The Morgan fingerprint density at radius 2 is 2.06 bits per heavy atom. The molecule has 0 unspecified atom stereocenters. The molecule has 4 nitrogen and oxygen atoms in total. The van der Waals surface area contributed by atoms with E-state index < -0.39 is 0 Å². The van der Waals surface area contributed by atoms with Crippen LogP contribution in [0.5, 0.6) is 0 Å². The highest BCUT2D eigenvalue weighted by Gasteiger charge is 2.06. The number of nitrogen functional groups attached to an aromatic ring is 1. The molecule has 5 heteroatoms. The molecule has 92 valence electrons. The van der Waals surface area contributed by atoms with E-state index in [2.05, 4.69) is 10.1 Å². The van der Waals surface area contributed by atoms with Crippen molar-refractivity contribution >= 4 is 17.4 Å². The zero-order valence-corrected chi connectivity index (χ0v) is 11.1. The first-order valence-electron chi connectivity index (χ1n) is 5.66. The Morgan fingerprint density at radius 3 is 2.59 bits per heavy atom. The average Bonchev–Trinajstić information content (AvgIpc) is 2.73. The minimum absolute atomic E-state index is 0.456. The molecule has 2 aromatic heterocycles. The van der Waals surface area contributed by atoms with E-state index in [9.17, 15) is 0 Å². The molecule has 0 bridgehead atoms. The van der Waals surface area contributed by atoms with Gasteiger partial charge < -0.3 is 5.73 Å². The van der Waals surface area contributed by atoms with Crippen molar-refractivity contribution in [3.05, 3.63) is 29.5 Å². The third-order valence-corrected chi connectivity index (χ3v) is 2.34. The number of hydrogen-bond donors (Lipinski definition) is 1. The highest BCUT2D eigenvalue weighted by Crippen LogP contribution is 2.21. The molecule has 0 aliphatic carbocycles. The normalized spacial score (nSPS) is 9.65. The quantitative estimate of drug-likeness (QED) is 0.835. The Morgan fingerprint density at radius 1 is 1.35 bits per heavy atom. The van der Waals surface area contributed by atoms with Crippen molar-refractivity contribution in [2.75, 3.05) is 5.73 Å². The first-order chi connectivity index (χ1) is 8.20. The SMILES string of the molecule is CC.CCn1nc(-c2ccnc(Cl)c2)cc1N. The van der Waals surface area contributed by atoms with Crippen molar-refractivity contribution in [1.29, 1.82) is 0 Å². The maximum Gasteiger partial charge on any atom is 0.129 e. The third kappa shape index (κ3) is 3.20. The van der Waals surface area contributed by atoms with Crippen molar-refractivity contribution in [1.82, 2.24) is 14.8 Å². The number of anilines is 1. The summed E-state index contributed by atoms with van der Waals surface area (Å²) in [4.78, 5) is 3.91. The van der Waals surface area contributed by atoms with Gasteiger partial charge in [0.15, 0.2) is 0 Å². The molecule has 2 heterocycles. The zero-order chi connectivity index (χ0) is 12.8. The standard InChI is InChI=1S/C10H11ClN4.C2H6/c1-2-15-10(12)6-8(14-15)7-3-4-13-9(11)5-7;1-2/h3-6H,2,12H2,1H3;1-2H3. The number of aryl methyl sites for hydroxylation is 1. The van der Waals surface area contributed by atoms with Gasteiger partial charge in [0, 0.05) is 24.4 Å². The van der Waals surface area contributed by atoms with Crippen molar-refractivity contribution in [2.45, 2.75) is 27.3 Å². The van der Waals surface area contributed by atoms with Crippen LogP contribution in [0.4, 0.5) is 5.82 Å². The van der Waals surface area contributed by atoms with Gasteiger partial charge in [0.2, 0.25) is 0 Å². The monoisotopic (exact) mass is 252 g/mol.